The molecule has 7 heteroatoms. The van der Waals surface area contributed by atoms with Crippen LogP contribution in [0.1, 0.15) is 35.3 Å². The maximum atomic E-state index is 12.2. The fourth-order valence-electron chi connectivity index (χ4n) is 3.24. The van der Waals surface area contributed by atoms with Gasteiger partial charge in [-0.2, -0.15) is 5.10 Å². The fraction of sp³-hybridized carbons (Fsp3) is 0.292. The van der Waals surface area contributed by atoms with Crippen molar-refractivity contribution in [1.29, 1.82) is 0 Å². The van der Waals surface area contributed by atoms with Crippen molar-refractivity contribution in [2.75, 3.05) is 20.1 Å². The van der Waals surface area contributed by atoms with Crippen LogP contribution < -0.4 is 5.32 Å². The van der Waals surface area contributed by atoms with Gasteiger partial charge >= 0.3 is 0 Å². The average Bonchev–Trinajstić information content (AvgIpc) is 3.26. The Bertz CT molecular complexity index is 1000. The second kappa shape index (κ2) is 11.3. The zero-order chi connectivity index (χ0) is 22.1. The van der Waals surface area contributed by atoms with Gasteiger partial charge in [-0.1, -0.05) is 54.4 Å². The number of aromatic nitrogens is 2. The molecule has 0 fully saturated rings. The lowest BCUT2D eigenvalue weighted by Crippen LogP contribution is -2.38. The highest BCUT2D eigenvalue weighted by molar-refractivity contribution is 6.30. The Hall–Kier alpha value is -3.12. The standard InChI is InChI=1S/C24H27ClN4O2/c1-29(23(30)17-26-24(31)19-11-8-12-20(25)15-19)14-7-3-6-13-21-16-22(28-27-21)18-9-4-2-5-10-18/h2,4-5,8-12,15-16H,3,6-7,13-14,17H2,1H3,(H,26,31)(H,27,28). The van der Waals surface area contributed by atoms with E-state index in [9.17, 15) is 9.59 Å². The van der Waals surface area contributed by atoms with E-state index in [-0.39, 0.29) is 18.4 Å². The Labute approximate surface area is 187 Å². The van der Waals surface area contributed by atoms with Crippen molar-refractivity contribution in [3.8, 4) is 11.3 Å². The van der Waals surface area contributed by atoms with E-state index in [0.29, 0.717) is 17.1 Å². The van der Waals surface area contributed by atoms with Gasteiger partial charge in [0.05, 0.1) is 12.2 Å². The largest absolute Gasteiger partial charge is 0.344 e. The van der Waals surface area contributed by atoms with E-state index in [1.165, 1.54) is 0 Å². The van der Waals surface area contributed by atoms with Gasteiger partial charge in [-0.05, 0) is 43.5 Å². The molecule has 2 N–H and O–H groups in total. The summed E-state index contributed by atoms with van der Waals surface area (Å²) in [4.78, 5) is 26.0. The van der Waals surface area contributed by atoms with Crippen LogP contribution in [-0.2, 0) is 11.2 Å². The summed E-state index contributed by atoms with van der Waals surface area (Å²) in [6, 6.07) is 18.8. The van der Waals surface area contributed by atoms with Crippen molar-refractivity contribution in [3.05, 3.63) is 76.9 Å². The van der Waals surface area contributed by atoms with Gasteiger partial charge in [0.25, 0.3) is 5.91 Å². The van der Waals surface area contributed by atoms with Gasteiger partial charge < -0.3 is 10.2 Å². The van der Waals surface area contributed by atoms with Crippen molar-refractivity contribution < 1.29 is 9.59 Å². The van der Waals surface area contributed by atoms with Crippen LogP contribution in [0.3, 0.4) is 0 Å². The van der Waals surface area contributed by atoms with E-state index in [0.717, 1.165) is 42.6 Å². The molecule has 0 radical (unpaired) electrons. The minimum Gasteiger partial charge on any atom is -0.344 e. The second-order valence-corrected chi connectivity index (χ2v) is 7.90. The maximum Gasteiger partial charge on any atom is 0.251 e. The number of unbranched alkanes of at least 4 members (excludes halogenated alkanes) is 2. The molecule has 3 aromatic rings. The van der Waals surface area contributed by atoms with Gasteiger partial charge in [0.15, 0.2) is 0 Å². The molecule has 6 nitrogen and oxygen atoms in total. The van der Waals surface area contributed by atoms with E-state index >= 15 is 0 Å². The third-order valence-electron chi connectivity index (χ3n) is 5.05. The minimum atomic E-state index is -0.307. The number of H-pyrrole nitrogens is 1. The highest BCUT2D eigenvalue weighted by Gasteiger charge is 2.12. The number of carbonyl (C=O) groups excluding carboxylic acids is 2. The average molecular weight is 439 g/mol. The van der Waals surface area contributed by atoms with Gasteiger partial charge in [-0.25, -0.2) is 0 Å². The molecule has 0 aliphatic carbocycles. The summed E-state index contributed by atoms with van der Waals surface area (Å²) in [5.41, 5.74) is 3.62. The number of amides is 2. The van der Waals surface area contributed by atoms with E-state index in [1.54, 1.807) is 36.2 Å². The zero-order valence-electron chi connectivity index (χ0n) is 17.6. The Morgan fingerprint density at radius 3 is 2.61 bits per heavy atom. The van der Waals surface area contributed by atoms with Crippen LogP contribution in [0.25, 0.3) is 11.3 Å². The number of halogens is 1. The summed E-state index contributed by atoms with van der Waals surface area (Å²) in [5.74, 6) is -0.421. The number of benzene rings is 2. The summed E-state index contributed by atoms with van der Waals surface area (Å²) in [7, 11) is 1.76. The van der Waals surface area contributed by atoms with Crippen LogP contribution in [-0.4, -0.2) is 47.0 Å². The molecule has 162 valence electrons. The quantitative estimate of drug-likeness (QED) is 0.462. The number of carbonyl (C=O) groups is 2. The lowest BCUT2D eigenvalue weighted by atomic mass is 10.1. The SMILES string of the molecule is CN(CCCCCc1cc(-c2ccccc2)n[nH]1)C(=O)CNC(=O)c1cccc(Cl)c1. The van der Waals surface area contributed by atoms with Gasteiger partial charge in [-0.3, -0.25) is 14.7 Å². The number of nitrogens with one attached hydrogen (secondary N) is 2. The zero-order valence-corrected chi connectivity index (χ0v) is 18.4. The van der Waals surface area contributed by atoms with Crippen LogP contribution in [0.5, 0.6) is 0 Å². The number of hydrogen-bond donors (Lipinski definition) is 2. The summed E-state index contributed by atoms with van der Waals surface area (Å²) in [6.45, 7) is 0.627. The van der Waals surface area contributed by atoms with Gasteiger partial charge in [0.1, 0.15) is 0 Å². The maximum absolute atomic E-state index is 12.2. The Morgan fingerprint density at radius 2 is 1.84 bits per heavy atom. The third-order valence-corrected chi connectivity index (χ3v) is 5.29. The molecule has 1 heterocycles. The molecule has 0 unspecified atom stereocenters. The lowest BCUT2D eigenvalue weighted by Gasteiger charge is -2.17. The molecule has 3 rings (SSSR count). The molecule has 0 bridgehead atoms. The van der Waals surface area contributed by atoms with E-state index < -0.39 is 0 Å². The summed E-state index contributed by atoms with van der Waals surface area (Å²) >= 11 is 5.89. The number of hydrogen-bond acceptors (Lipinski definition) is 3. The fourth-order valence-corrected chi connectivity index (χ4v) is 3.43. The number of likely N-dealkylation sites (N-methyl/N-ethyl adjacent to an activating group) is 1. The van der Waals surface area contributed by atoms with Crippen molar-refractivity contribution in [1.82, 2.24) is 20.4 Å². The first-order valence-electron chi connectivity index (χ1n) is 10.4. The summed E-state index contributed by atoms with van der Waals surface area (Å²) in [6.07, 6.45) is 3.85. The topological polar surface area (TPSA) is 78.1 Å². The first-order chi connectivity index (χ1) is 15.0. The molecule has 0 saturated heterocycles. The number of aromatic amines is 1. The Balaban J connectivity index is 1.32. The summed E-state index contributed by atoms with van der Waals surface area (Å²) < 4.78 is 0. The van der Waals surface area contributed by atoms with Crippen molar-refractivity contribution in [2.45, 2.75) is 25.7 Å². The second-order valence-electron chi connectivity index (χ2n) is 7.46. The van der Waals surface area contributed by atoms with Gasteiger partial charge in [-0.15, -0.1) is 0 Å². The van der Waals surface area contributed by atoms with Crippen molar-refractivity contribution >= 4 is 23.4 Å². The first kappa shape index (κ1) is 22.6. The Morgan fingerprint density at radius 1 is 1.03 bits per heavy atom. The monoisotopic (exact) mass is 438 g/mol. The van der Waals surface area contributed by atoms with Crippen molar-refractivity contribution in [3.63, 3.8) is 0 Å². The van der Waals surface area contributed by atoms with E-state index in [2.05, 4.69) is 21.6 Å². The van der Waals surface area contributed by atoms with Crippen LogP contribution >= 0.6 is 11.6 Å². The molecular formula is C24H27ClN4O2. The van der Waals surface area contributed by atoms with Crippen LogP contribution in [0, 0.1) is 0 Å². The number of nitrogens with zero attached hydrogens (tertiary/aromatic N) is 2. The van der Waals surface area contributed by atoms with E-state index in [1.807, 2.05) is 30.3 Å². The molecule has 2 aromatic carbocycles. The smallest absolute Gasteiger partial charge is 0.251 e. The molecule has 0 aliphatic heterocycles. The van der Waals surface area contributed by atoms with Crippen LogP contribution in [0.2, 0.25) is 5.02 Å². The number of aryl methyl sites for hydroxylation is 1. The normalized spacial score (nSPS) is 10.6. The van der Waals surface area contributed by atoms with Gasteiger partial charge in [0.2, 0.25) is 5.91 Å². The molecule has 0 aliphatic rings. The molecular weight excluding hydrogens is 412 g/mol. The highest BCUT2D eigenvalue weighted by atomic mass is 35.5. The molecule has 0 saturated carbocycles. The van der Waals surface area contributed by atoms with Crippen LogP contribution in [0.4, 0.5) is 0 Å². The predicted molar refractivity (Wildman–Crippen MR) is 123 cm³/mol. The Kier molecular flexibility index (Phi) is 8.24. The molecule has 0 spiro atoms. The van der Waals surface area contributed by atoms with E-state index in [4.69, 9.17) is 11.6 Å². The number of rotatable bonds is 10. The van der Waals surface area contributed by atoms with Crippen LogP contribution in [0.15, 0.2) is 60.7 Å². The summed E-state index contributed by atoms with van der Waals surface area (Å²) in [5, 5.41) is 10.6. The predicted octanol–water partition coefficient (Wildman–Crippen LogP) is 4.33. The third kappa shape index (κ3) is 6.96. The lowest BCUT2D eigenvalue weighted by molar-refractivity contribution is -0.128. The molecule has 2 amide bonds. The first-order valence-corrected chi connectivity index (χ1v) is 10.8. The van der Waals surface area contributed by atoms with Gasteiger partial charge in [0, 0.05) is 35.4 Å². The molecule has 0 atom stereocenters. The highest BCUT2D eigenvalue weighted by Crippen LogP contribution is 2.18. The molecule has 31 heavy (non-hydrogen) atoms. The minimum absolute atomic E-state index is 0.0295. The molecule has 1 aromatic heterocycles. The van der Waals surface area contributed by atoms with Crippen molar-refractivity contribution in [2.24, 2.45) is 0 Å².